The Labute approximate surface area is 111 Å². The highest BCUT2D eigenvalue weighted by molar-refractivity contribution is 7.17. The summed E-state index contributed by atoms with van der Waals surface area (Å²) in [5, 5.41) is 9.89. The van der Waals surface area contributed by atoms with E-state index in [0.29, 0.717) is 0 Å². The van der Waals surface area contributed by atoms with Crippen LogP contribution >= 0.6 is 11.3 Å². The second-order valence-electron chi connectivity index (χ2n) is 3.87. The molecule has 3 aromatic heterocycles. The molecule has 0 radical (unpaired) electrons. The first-order valence-electron chi connectivity index (χ1n) is 5.59. The van der Waals surface area contributed by atoms with Gasteiger partial charge in [0.1, 0.15) is 11.0 Å². The van der Waals surface area contributed by atoms with E-state index in [1.807, 2.05) is 35.7 Å². The second kappa shape index (κ2) is 3.99. The van der Waals surface area contributed by atoms with E-state index in [-0.39, 0.29) is 6.01 Å². The van der Waals surface area contributed by atoms with Crippen molar-refractivity contribution in [3.63, 3.8) is 0 Å². The highest BCUT2D eigenvalue weighted by Crippen LogP contribution is 2.20. The molecule has 1 aromatic carbocycles. The van der Waals surface area contributed by atoms with Crippen LogP contribution in [0, 0.1) is 0 Å². The lowest BCUT2D eigenvalue weighted by Gasteiger charge is -2.01. The van der Waals surface area contributed by atoms with Crippen molar-refractivity contribution in [1.29, 1.82) is 0 Å². The molecule has 7 heteroatoms. The molecule has 92 valence electrons. The smallest absolute Gasteiger partial charge is 0.314 e. The maximum atomic E-state index is 5.53. The molecule has 0 N–H and O–H groups in total. The number of fused-ring (bicyclic) bond motifs is 2. The summed E-state index contributed by atoms with van der Waals surface area (Å²) in [7, 11) is 0. The van der Waals surface area contributed by atoms with Gasteiger partial charge in [0, 0.05) is 0 Å². The Hall–Kier alpha value is -2.54. The van der Waals surface area contributed by atoms with E-state index < -0.39 is 0 Å². The summed E-state index contributed by atoms with van der Waals surface area (Å²) < 4.78 is 1.02. The standard InChI is InChI=1S/C12H7N5OS/c1-2-4-10-8(3-1)15-16-17(10)18-12-13-7-11-9(14-12)5-6-19-11/h1-7H. The van der Waals surface area contributed by atoms with Crippen LogP contribution in [-0.4, -0.2) is 25.1 Å². The van der Waals surface area contributed by atoms with Crippen LogP contribution < -0.4 is 4.84 Å². The Bertz CT molecular complexity index is 868. The van der Waals surface area contributed by atoms with E-state index in [0.717, 1.165) is 21.3 Å². The van der Waals surface area contributed by atoms with Gasteiger partial charge >= 0.3 is 6.01 Å². The largest absolute Gasteiger partial charge is 0.346 e. The first-order valence-corrected chi connectivity index (χ1v) is 6.47. The third-order valence-corrected chi connectivity index (χ3v) is 3.51. The Balaban J connectivity index is 1.77. The summed E-state index contributed by atoms with van der Waals surface area (Å²) in [6.45, 7) is 0. The molecule has 0 amide bonds. The number of hydrogen-bond donors (Lipinski definition) is 0. The first-order chi connectivity index (χ1) is 9.40. The average molecular weight is 269 g/mol. The maximum Gasteiger partial charge on any atom is 0.346 e. The van der Waals surface area contributed by atoms with Gasteiger partial charge in [-0.3, -0.25) is 0 Å². The Morgan fingerprint density at radius 3 is 3.05 bits per heavy atom. The van der Waals surface area contributed by atoms with E-state index in [4.69, 9.17) is 4.84 Å². The van der Waals surface area contributed by atoms with Gasteiger partial charge in [-0.05, 0) is 28.8 Å². The van der Waals surface area contributed by atoms with Crippen LogP contribution in [0.3, 0.4) is 0 Å². The van der Waals surface area contributed by atoms with Crippen molar-refractivity contribution >= 4 is 32.6 Å². The lowest BCUT2D eigenvalue weighted by molar-refractivity contribution is 0.167. The molecule has 4 rings (SSSR count). The van der Waals surface area contributed by atoms with E-state index in [9.17, 15) is 0 Å². The predicted octanol–water partition coefficient (Wildman–Crippen LogP) is 2.28. The van der Waals surface area contributed by atoms with E-state index >= 15 is 0 Å². The molecule has 19 heavy (non-hydrogen) atoms. The van der Waals surface area contributed by atoms with Crippen molar-refractivity contribution in [2.45, 2.75) is 0 Å². The summed E-state index contributed by atoms with van der Waals surface area (Å²) in [5.41, 5.74) is 2.40. The van der Waals surface area contributed by atoms with Crippen molar-refractivity contribution in [1.82, 2.24) is 25.1 Å². The molecule has 3 heterocycles. The molecule has 0 unspecified atom stereocenters. The van der Waals surface area contributed by atoms with Crippen molar-refractivity contribution in [3.05, 3.63) is 41.9 Å². The zero-order valence-corrected chi connectivity index (χ0v) is 10.4. The monoisotopic (exact) mass is 269 g/mol. The lowest BCUT2D eigenvalue weighted by Crippen LogP contribution is -2.09. The van der Waals surface area contributed by atoms with Gasteiger partial charge in [0.2, 0.25) is 0 Å². The number of nitrogens with zero attached hydrogens (tertiary/aromatic N) is 5. The number of benzene rings is 1. The summed E-state index contributed by atoms with van der Waals surface area (Å²) in [4.78, 5) is 15.3. The normalized spacial score (nSPS) is 11.2. The molecular formula is C12H7N5OS. The fraction of sp³-hybridized carbons (Fsp3) is 0. The van der Waals surface area contributed by atoms with Gasteiger partial charge < -0.3 is 4.84 Å². The topological polar surface area (TPSA) is 65.7 Å². The summed E-state index contributed by atoms with van der Waals surface area (Å²) in [5.74, 6) is 0. The highest BCUT2D eigenvalue weighted by Gasteiger charge is 2.08. The fourth-order valence-corrected chi connectivity index (χ4v) is 2.48. The number of hydrogen-bond acceptors (Lipinski definition) is 6. The second-order valence-corrected chi connectivity index (χ2v) is 4.81. The van der Waals surface area contributed by atoms with E-state index in [1.54, 1.807) is 17.5 Å². The van der Waals surface area contributed by atoms with Crippen LogP contribution in [0.4, 0.5) is 0 Å². The lowest BCUT2D eigenvalue weighted by atomic mass is 10.3. The molecule has 0 saturated carbocycles. The zero-order valence-electron chi connectivity index (χ0n) is 9.59. The van der Waals surface area contributed by atoms with Gasteiger partial charge in [-0.2, -0.15) is 4.98 Å². The molecule has 4 aromatic rings. The fourth-order valence-electron chi connectivity index (χ4n) is 1.79. The van der Waals surface area contributed by atoms with Crippen LogP contribution in [0.5, 0.6) is 6.01 Å². The van der Waals surface area contributed by atoms with E-state index in [1.165, 1.54) is 4.85 Å². The van der Waals surface area contributed by atoms with Gasteiger partial charge in [0.15, 0.2) is 0 Å². The SMILES string of the molecule is c1ccc2c(c1)nnn2Oc1ncc2sccc2n1. The third kappa shape index (κ3) is 1.71. The average Bonchev–Trinajstić information content (AvgIpc) is 3.06. The van der Waals surface area contributed by atoms with Crippen LogP contribution in [0.2, 0.25) is 0 Å². The number of aromatic nitrogens is 5. The Kier molecular flexibility index (Phi) is 2.18. The van der Waals surface area contributed by atoms with Crippen LogP contribution in [0.25, 0.3) is 21.3 Å². The molecular weight excluding hydrogens is 262 g/mol. The quantitative estimate of drug-likeness (QED) is 0.558. The summed E-state index contributed by atoms with van der Waals surface area (Å²) in [6.07, 6.45) is 1.74. The van der Waals surface area contributed by atoms with Gasteiger partial charge in [0.25, 0.3) is 0 Å². The van der Waals surface area contributed by atoms with Gasteiger partial charge in [-0.25, -0.2) is 4.98 Å². The molecule has 0 saturated heterocycles. The van der Waals surface area contributed by atoms with Crippen molar-refractivity contribution < 1.29 is 4.84 Å². The van der Waals surface area contributed by atoms with Gasteiger partial charge in [-0.15, -0.1) is 16.4 Å². The summed E-state index contributed by atoms with van der Waals surface area (Å²) in [6, 6.07) is 9.71. The molecule has 0 atom stereocenters. The predicted molar refractivity (Wildman–Crippen MR) is 71.0 cm³/mol. The minimum absolute atomic E-state index is 0.251. The van der Waals surface area contributed by atoms with Gasteiger partial charge in [-0.1, -0.05) is 17.0 Å². The molecule has 0 spiro atoms. The molecule has 0 bridgehead atoms. The van der Waals surface area contributed by atoms with Crippen molar-refractivity contribution in [2.75, 3.05) is 0 Å². The molecule has 0 fully saturated rings. The molecule has 0 aliphatic heterocycles. The molecule has 6 nitrogen and oxygen atoms in total. The third-order valence-electron chi connectivity index (χ3n) is 2.67. The van der Waals surface area contributed by atoms with Crippen molar-refractivity contribution in [2.24, 2.45) is 0 Å². The Morgan fingerprint density at radius 2 is 2.05 bits per heavy atom. The number of thiophene rings is 1. The summed E-state index contributed by atoms with van der Waals surface area (Å²) >= 11 is 1.59. The molecule has 0 aliphatic rings. The molecule has 0 aliphatic carbocycles. The first kappa shape index (κ1) is 10.4. The minimum atomic E-state index is 0.251. The number of rotatable bonds is 2. The zero-order chi connectivity index (χ0) is 12.7. The van der Waals surface area contributed by atoms with Crippen LogP contribution in [-0.2, 0) is 0 Å². The van der Waals surface area contributed by atoms with Crippen LogP contribution in [0.1, 0.15) is 0 Å². The minimum Gasteiger partial charge on any atom is -0.314 e. The van der Waals surface area contributed by atoms with Gasteiger partial charge in [0.05, 0.1) is 16.4 Å². The van der Waals surface area contributed by atoms with Crippen LogP contribution in [0.15, 0.2) is 41.9 Å². The maximum absolute atomic E-state index is 5.53. The number of para-hydroxylation sites is 1. The van der Waals surface area contributed by atoms with E-state index in [2.05, 4.69) is 20.3 Å². The Morgan fingerprint density at radius 1 is 1.11 bits per heavy atom. The van der Waals surface area contributed by atoms with Crippen molar-refractivity contribution in [3.8, 4) is 6.01 Å². The highest BCUT2D eigenvalue weighted by atomic mass is 32.1.